The maximum Gasteiger partial charge on any atom is 0.329 e. The largest absolute Gasteiger partial charge is 0.481 e. The van der Waals surface area contributed by atoms with E-state index in [-0.39, 0.29) is 18.7 Å². The molecule has 4 amide bonds. The smallest absolute Gasteiger partial charge is 0.329 e. The summed E-state index contributed by atoms with van der Waals surface area (Å²) in [5.41, 5.74) is 1.05. The second-order valence-corrected chi connectivity index (χ2v) is 9.75. The molecule has 2 atom stereocenters. The molecule has 0 aromatic heterocycles. The number of aliphatic carboxylic acids is 1. The van der Waals surface area contributed by atoms with Gasteiger partial charge in [0.15, 0.2) is 0 Å². The fourth-order valence-corrected chi connectivity index (χ4v) is 5.52. The summed E-state index contributed by atoms with van der Waals surface area (Å²) in [5, 5.41) is 12.3. The Kier molecular flexibility index (Phi) is 5.97. The van der Waals surface area contributed by atoms with E-state index in [0.29, 0.717) is 37.4 Å². The van der Waals surface area contributed by atoms with Crippen molar-refractivity contribution in [2.24, 2.45) is 5.41 Å². The fourth-order valence-electron chi connectivity index (χ4n) is 5.52. The Morgan fingerprint density at radius 3 is 2.38 bits per heavy atom. The summed E-state index contributed by atoms with van der Waals surface area (Å²) in [7, 11) is 0. The molecule has 2 saturated heterocycles. The number of carboxylic acid groups (broad SMARTS) is 1. The number of carbonyl (C=O) groups excluding carboxylic acids is 3. The third kappa shape index (κ3) is 4.10. The Labute approximate surface area is 187 Å². The first-order valence-electron chi connectivity index (χ1n) is 11.5. The van der Waals surface area contributed by atoms with Crippen LogP contribution in [0.1, 0.15) is 70.3 Å². The van der Waals surface area contributed by atoms with Crippen molar-refractivity contribution in [3.05, 3.63) is 29.8 Å². The average Bonchev–Trinajstić information content (AvgIpc) is 3.35. The average molecular weight is 442 g/mol. The van der Waals surface area contributed by atoms with Crippen molar-refractivity contribution in [2.45, 2.75) is 76.8 Å². The minimum Gasteiger partial charge on any atom is -0.481 e. The molecule has 1 saturated carbocycles. The number of likely N-dealkylation sites (tertiary alicyclic amines) is 1. The van der Waals surface area contributed by atoms with Crippen molar-refractivity contribution < 1.29 is 24.3 Å². The van der Waals surface area contributed by atoms with Gasteiger partial charge in [0.2, 0.25) is 5.91 Å². The summed E-state index contributed by atoms with van der Waals surface area (Å²) >= 11 is 0. The Morgan fingerprint density at radius 2 is 1.78 bits per heavy atom. The number of carboxylic acids is 1. The zero-order valence-electron chi connectivity index (χ0n) is 18.7. The first-order valence-corrected chi connectivity index (χ1v) is 11.5. The van der Waals surface area contributed by atoms with Gasteiger partial charge >= 0.3 is 12.0 Å². The van der Waals surface area contributed by atoms with Crippen molar-refractivity contribution in [3.63, 3.8) is 0 Å². The van der Waals surface area contributed by atoms with Crippen LogP contribution in [0.3, 0.4) is 0 Å². The number of hydrogen-bond donors (Lipinski definition) is 2. The molecule has 1 aromatic carbocycles. The highest BCUT2D eigenvalue weighted by atomic mass is 16.4. The van der Waals surface area contributed by atoms with E-state index in [1.165, 1.54) is 0 Å². The minimum atomic E-state index is -0.893. The minimum absolute atomic E-state index is 0.0281. The molecule has 2 unspecified atom stereocenters. The van der Waals surface area contributed by atoms with Gasteiger partial charge in [-0.2, -0.15) is 0 Å². The first-order chi connectivity index (χ1) is 15.2. The van der Waals surface area contributed by atoms with E-state index < -0.39 is 35.4 Å². The molecular formula is C24H31N3O5. The zero-order valence-corrected chi connectivity index (χ0v) is 18.7. The lowest BCUT2D eigenvalue weighted by molar-refractivity contribution is -0.143. The molecule has 0 radical (unpaired) electrons. The monoisotopic (exact) mass is 441 g/mol. The van der Waals surface area contributed by atoms with Crippen LogP contribution in [0.4, 0.5) is 10.5 Å². The highest BCUT2D eigenvalue weighted by Gasteiger charge is 2.51. The molecule has 0 bridgehead atoms. The number of urea groups is 1. The molecule has 1 aromatic rings. The Hall–Kier alpha value is -2.90. The van der Waals surface area contributed by atoms with E-state index >= 15 is 0 Å². The molecule has 3 fully saturated rings. The molecule has 172 valence electrons. The van der Waals surface area contributed by atoms with Gasteiger partial charge in [0.25, 0.3) is 5.91 Å². The lowest BCUT2D eigenvalue weighted by Gasteiger charge is -2.38. The predicted molar refractivity (Wildman–Crippen MR) is 118 cm³/mol. The number of imide groups is 1. The topological polar surface area (TPSA) is 107 Å². The molecule has 32 heavy (non-hydrogen) atoms. The number of rotatable bonds is 6. The van der Waals surface area contributed by atoms with Gasteiger partial charge < -0.3 is 15.3 Å². The van der Waals surface area contributed by atoms with E-state index in [1.807, 2.05) is 12.1 Å². The van der Waals surface area contributed by atoms with E-state index in [1.54, 1.807) is 17.0 Å². The molecule has 8 nitrogen and oxygen atoms in total. The summed E-state index contributed by atoms with van der Waals surface area (Å²) < 4.78 is 0. The van der Waals surface area contributed by atoms with Gasteiger partial charge in [-0.1, -0.05) is 38.8 Å². The van der Waals surface area contributed by atoms with Crippen molar-refractivity contribution in [1.82, 2.24) is 10.2 Å². The lowest BCUT2D eigenvalue weighted by atomic mass is 9.79. The third-order valence-electron chi connectivity index (χ3n) is 7.24. The zero-order chi connectivity index (χ0) is 23.0. The van der Waals surface area contributed by atoms with E-state index in [9.17, 15) is 24.3 Å². The summed E-state index contributed by atoms with van der Waals surface area (Å²) in [6.07, 6.45) is 3.88. The van der Waals surface area contributed by atoms with E-state index in [4.69, 9.17) is 0 Å². The van der Waals surface area contributed by atoms with Crippen LogP contribution in [-0.4, -0.2) is 52.4 Å². The predicted octanol–water partition coefficient (Wildman–Crippen LogP) is 3.26. The van der Waals surface area contributed by atoms with Crippen LogP contribution in [0.25, 0.3) is 0 Å². The van der Waals surface area contributed by atoms with Crippen LogP contribution in [0.15, 0.2) is 24.3 Å². The van der Waals surface area contributed by atoms with Gasteiger partial charge in [-0.05, 0) is 48.3 Å². The Balaban J connectivity index is 1.54. The number of amides is 4. The maximum atomic E-state index is 13.4. The number of nitrogens with zero attached hydrogens (tertiary/aromatic N) is 2. The van der Waals surface area contributed by atoms with Crippen molar-refractivity contribution >= 4 is 29.5 Å². The van der Waals surface area contributed by atoms with Crippen LogP contribution >= 0.6 is 0 Å². The number of hydrogen-bond acceptors (Lipinski definition) is 4. The van der Waals surface area contributed by atoms with Gasteiger partial charge in [0.05, 0.1) is 18.2 Å². The van der Waals surface area contributed by atoms with Gasteiger partial charge in [-0.15, -0.1) is 0 Å². The second kappa shape index (κ2) is 8.56. The lowest BCUT2D eigenvalue weighted by Crippen LogP contribution is -2.65. The SMILES string of the molecule is CC(C)c1ccc(N2C(=O)NC3CCN(C(=O)CC4(CC(=O)O)CCCC4)C3C2=O)cc1. The van der Waals surface area contributed by atoms with Gasteiger partial charge in [0.1, 0.15) is 6.04 Å². The van der Waals surface area contributed by atoms with Gasteiger partial charge in [0, 0.05) is 13.0 Å². The molecular weight excluding hydrogens is 410 g/mol. The molecule has 3 aliphatic rings. The number of carbonyl (C=O) groups is 4. The summed E-state index contributed by atoms with van der Waals surface area (Å²) in [6.45, 7) is 4.52. The quantitative estimate of drug-likeness (QED) is 0.705. The summed E-state index contributed by atoms with van der Waals surface area (Å²) in [5.74, 6) is -1.16. The van der Waals surface area contributed by atoms with Crippen molar-refractivity contribution in [1.29, 1.82) is 0 Å². The number of nitrogens with one attached hydrogen (secondary N) is 1. The third-order valence-corrected chi connectivity index (χ3v) is 7.24. The van der Waals surface area contributed by atoms with Crippen LogP contribution in [0, 0.1) is 5.41 Å². The standard InChI is InChI=1S/C24H31N3O5/c1-15(2)16-5-7-17(8-6-16)27-22(31)21-18(25-23(27)32)9-12-26(21)19(28)13-24(14-20(29)30)10-3-4-11-24/h5-8,15,18,21H,3-4,9-14H2,1-2H3,(H,25,32)(H,29,30). The number of anilines is 1. The molecule has 2 N–H and O–H groups in total. The van der Waals surface area contributed by atoms with Gasteiger partial charge in [-0.3, -0.25) is 14.4 Å². The van der Waals surface area contributed by atoms with Crippen LogP contribution < -0.4 is 10.2 Å². The maximum absolute atomic E-state index is 13.4. The first kappa shape index (κ1) is 22.3. The Morgan fingerprint density at radius 1 is 1.12 bits per heavy atom. The molecule has 1 aliphatic carbocycles. The Bertz CT molecular complexity index is 920. The highest BCUT2D eigenvalue weighted by molar-refractivity contribution is 6.19. The van der Waals surface area contributed by atoms with E-state index in [0.717, 1.165) is 23.3 Å². The number of benzene rings is 1. The molecule has 8 heteroatoms. The normalized spacial score (nSPS) is 24.6. The van der Waals surface area contributed by atoms with Crippen molar-refractivity contribution in [3.8, 4) is 0 Å². The van der Waals surface area contributed by atoms with E-state index in [2.05, 4.69) is 19.2 Å². The molecule has 2 heterocycles. The van der Waals surface area contributed by atoms with Crippen LogP contribution in [0.5, 0.6) is 0 Å². The summed E-state index contributed by atoms with van der Waals surface area (Å²) in [6, 6.07) is 5.68. The van der Waals surface area contributed by atoms with Gasteiger partial charge in [-0.25, -0.2) is 9.69 Å². The fraction of sp³-hybridized carbons (Fsp3) is 0.583. The molecule has 0 spiro atoms. The molecule has 2 aliphatic heterocycles. The van der Waals surface area contributed by atoms with Crippen LogP contribution in [-0.2, 0) is 14.4 Å². The van der Waals surface area contributed by atoms with Crippen LogP contribution in [0.2, 0.25) is 0 Å². The summed E-state index contributed by atoms with van der Waals surface area (Å²) in [4.78, 5) is 53.5. The second-order valence-electron chi connectivity index (χ2n) is 9.75. The highest BCUT2D eigenvalue weighted by Crippen LogP contribution is 2.45. The molecule has 4 rings (SSSR count). The van der Waals surface area contributed by atoms with Crippen molar-refractivity contribution in [2.75, 3.05) is 11.4 Å². The number of fused-ring (bicyclic) bond motifs is 1.